The van der Waals surface area contributed by atoms with Crippen molar-refractivity contribution >= 4 is 28.6 Å². The normalized spacial score (nSPS) is 24.4. The van der Waals surface area contributed by atoms with Crippen molar-refractivity contribution in [2.24, 2.45) is 5.41 Å². The van der Waals surface area contributed by atoms with Crippen LogP contribution in [0.5, 0.6) is 0 Å². The number of nitrogens with zero attached hydrogens (tertiary/aromatic N) is 1. The third kappa shape index (κ3) is 2.77. The van der Waals surface area contributed by atoms with E-state index in [-0.39, 0.29) is 12.3 Å². The molecule has 1 aliphatic heterocycles. The van der Waals surface area contributed by atoms with Gasteiger partial charge in [0.25, 0.3) is 0 Å². The molecule has 1 spiro atoms. The van der Waals surface area contributed by atoms with Gasteiger partial charge in [-0.2, -0.15) is 0 Å². The predicted molar refractivity (Wildman–Crippen MR) is 74.3 cm³/mol. The Morgan fingerprint density at radius 2 is 1.75 bits per heavy atom. The van der Waals surface area contributed by atoms with Crippen molar-refractivity contribution in [2.75, 3.05) is 18.6 Å². The SMILES string of the molecule is CS(=O)CCN1C(=O)NC(=O)C2(CCCCCC2)C1=O. The highest BCUT2D eigenvalue weighted by molar-refractivity contribution is 7.84. The number of urea groups is 1. The zero-order chi connectivity index (χ0) is 14.8. The largest absolute Gasteiger partial charge is 0.330 e. The van der Waals surface area contributed by atoms with E-state index < -0.39 is 34.1 Å². The molecule has 0 aromatic heterocycles. The monoisotopic (exact) mass is 300 g/mol. The molecule has 2 fully saturated rings. The van der Waals surface area contributed by atoms with Crippen molar-refractivity contribution in [2.45, 2.75) is 38.5 Å². The van der Waals surface area contributed by atoms with Gasteiger partial charge in [-0.25, -0.2) is 4.79 Å². The van der Waals surface area contributed by atoms with E-state index in [0.29, 0.717) is 12.8 Å². The first kappa shape index (κ1) is 15.2. The number of imide groups is 2. The first-order chi connectivity index (χ1) is 9.47. The molecule has 112 valence electrons. The van der Waals surface area contributed by atoms with Gasteiger partial charge in [0.05, 0.1) is 0 Å². The van der Waals surface area contributed by atoms with Gasteiger partial charge in [-0.05, 0) is 12.8 Å². The van der Waals surface area contributed by atoms with Crippen LogP contribution in [0.3, 0.4) is 0 Å². The molecule has 1 aliphatic carbocycles. The average molecular weight is 300 g/mol. The quantitative estimate of drug-likeness (QED) is 0.781. The van der Waals surface area contributed by atoms with Gasteiger partial charge < -0.3 is 0 Å². The molecule has 1 atom stereocenters. The Bertz CT molecular complexity index is 455. The number of nitrogens with one attached hydrogen (secondary N) is 1. The van der Waals surface area contributed by atoms with Gasteiger partial charge in [-0.3, -0.25) is 24.0 Å². The summed E-state index contributed by atoms with van der Waals surface area (Å²) in [6.07, 6.45) is 6.18. The van der Waals surface area contributed by atoms with E-state index in [0.717, 1.165) is 30.6 Å². The molecule has 1 saturated heterocycles. The highest BCUT2D eigenvalue weighted by Crippen LogP contribution is 2.38. The van der Waals surface area contributed by atoms with Crippen LogP contribution in [0.4, 0.5) is 4.79 Å². The van der Waals surface area contributed by atoms with E-state index in [1.165, 1.54) is 6.26 Å². The van der Waals surface area contributed by atoms with Crippen molar-refractivity contribution in [3.63, 3.8) is 0 Å². The topological polar surface area (TPSA) is 83.6 Å². The van der Waals surface area contributed by atoms with E-state index in [1.807, 2.05) is 0 Å². The lowest BCUT2D eigenvalue weighted by Crippen LogP contribution is -2.64. The highest BCUT2D eigenvalue weighted by atomic mass is 32.2. The molecule has 4 amide bonds. The lowest BCUT2D eigenvalue weighted by Gasteiger charge is -2.38. The summed E-state index contributed by atoms with van der Waals surface area (Å²) in [5, 5.41) is 2.30. The summed E-state index contributed by atoms with van der Waals surface area (Å²) >= 11 is 0. The molecule has 0 bridgehead atoms. The van der Waals surface area contributed by atoms with Crippen LogP contribution in [0.1, 0.15) is 38.5 Å². The minimum absolute atomic E-state index is 0.100. The minimum atomic E-state index is -1.08. The van der Waals surface area contributed by atoms with Gasteiger partial charge in [0.2, 0.25) is 11.8 Å². The summed E-state index contributed by atoms with van der Waals surface area (Å²) in [6, 6.07) is -0.680. The van der Waals surface area contributed by atoms with Gasteiger partial charge in [-0.15, -0.1) is 0 Å². The molecule has 0 aromatic rings. The molecule has 2 rings (SSSR count). The third-order valence-corrected chi connectivity index (χ3v) is 4.87. The van der Waals surface area contributed by atoms with Gasteiger partial charge in [0.1, 0.15) is 5.41 Å². The Labute approximate surface area is 120 Å². The van der Waals surface area contributed by atoms with Crippen molar-refractivity contribution < 1.29 is 18.6 Å². The zero-order valence-corrected chi connectivity index (χ0v) is 12.5. The number of barbiturate groups is 1. The van der Waals surface area contributed by atoms with E-state index in [9.17, 15) is 18.6 Å². The number of carbonyl (C=O) groups excluding carboxylic acids is 3. The number of amides is 4. The van der Waals surface area contributed by atoms with Crippen LogP contribution >= 0.6 is 0 Å². The summed E-state index contributed by atoms with van der Waals surface area (Å²) in [7, 11) is -1.08. The maximum absolute atomic E-state index is 12.6. The molecule has 6 nitrogen and oxygen atoms in total. The fourth-order valence-corrected chi connectivity index (χ4v) is 3.37. The lowest BCUT2D eigenvalue weighted by atomic mass is 9.77. The third-order valence-electron chi connectivity index (χ3n) is 4.11. The molecule has 0 aromatic carbocycles. The highest BCUT2D eigenvalue weighted by Gasteiger charge is 2.53. The standard InChI is InChI=1S/C13H20N2O4S/c1-20(19)9-8-15-11(17)13(10(16)14-12(15)18)6-4-2-3-5-7-13/h2-9H2,1H3,(H,14,16,18). The van der Waals surface area contributed by atoms with Crippen LogP contribution in [0.2, 0.25) is 0 Å². The summed E-state index contributed by atoms with van der Waals surface area (Å²) in [6.45, 7) is 0.100. The molecule has 20 heavy (non-hydrogen) atoms. The molecule has 1 heterocycles. The fraction of sp³-hybridized carbons (Fsp3) is 0.769. The van der Waals surface area contributed by atoms with Gasteiger partial charge in [0.15, 0.2) is 0 Å². The Hall–Kier alpha value is -1.24. The molecule has 0 radical (unpaired) electrons. The number of rotatable bonds is 3. The van der Waals surface area contributed by atoms with Crippen LogP contribution in [0, 0.1) is 5.41 Å². The Morgan fingerprint density at radius 1 is 1.15 bits per heavy atom. The molecule has 1 unspecified atom stereocenters. The average Bonchev–Trinajstić information content (AvgIpc) is 2.63. The number of hydrogen-bond acceptors (Lipinski definition) is 4. The van der Waals surface area contributed by atoms with Crippen LogP contribution in [-0.4, -0.2) is 45.5 Å². The van der Waals surface area contributed by atoms with E-state index in [2.05, 4.69) is 5.32 Å². The van der Waals surface area contributed by atoms with E-state index in [1.54, 1.807) is 0 Å². The zero-order valence-electron chi connectivity index (χ0n) is 11.6. The van der Waals surface area contributed by atoms with Crippen LogP contribution in [-0.2, 0) is 20.4 Å². The van der Waals surface area contributed by atoms with Gasteiger partial charge in [0, 0.05) is 29.4 Å². The van der Waals surface area contributed by atoms with Crippen molar-refractivity contribution in [1.29, 1.82) is 0 Å². The second kappa shape index (κ2) is 6.03. The summed E-state index contributed by atoms with van der Waals surface area (Å²) in [5.74, 6) is -0.620. The minimum Gasteiger partial charge on any atom is -0.277 e. The second-order valence-corrected chi connectivity index (χ2v) is 7.04. The molecule has 1 saturated carbocycles. The second-order valence-electron chi connectivity index (χ2n) is 5.49. The van der Waals surface area contributed by atoms with Crippen LogP contribution in [0.15, 0.2) is 0 Å². The number of carbonyl (C=O) groups is 3. The van der Waals surface area contributed by atoms with E-state index in [4.69, 9.17) is 0 Å². The summed E-state index contributed by atoms with van der Waals surface area (Å²) < 4.78 is 11.2. The maximum atomic E-state index is 12.6. The molecular weight excluding hydrogens is 280 g/mol. The van der Waals surface area contributed by atoms with Crippen LogP contribution < -0.4 is 5.32 Å². The number of hydrogen-bond donors (Lipinski definition) is 1. The van der Waals surface area contributed by atoms with Gasteiger partial charge >= 0.3 is 6.03 Å². The van der Waals surface area contributed by atoms with E-state index >= 15 is 0 Å². The van der Waals surface area contributed by atoms with Gasteiger partial charge in [-0.1, -0.05) is 25.7 Å². The first-order valence-corrected chi connectivity index (χ1v) is 8.67. The van der Waals surface area contributed by atoms with Crippen LogP contribution in [0.25, 0.3) is 0 Å². The Balaban J connectivity index is 2.23. The molecule has 7 heteroatoms. The Kier molecular flexibility index (Phi) is 4.57. The predicted octanol–water partition coefficient (Wildman–Crippen LogP) is 0.784. The summed E-state index contributed by atoms with van der Waals surface area (Å²) in [4.78, 5) is 37.7. The van der Waals surface area contributed by atoms with Crippen molar-refractivity contribution in [3.8, 4) is 0 Å². The maximum Gasteiger partial charge on any atom is 0.330 e. The van der Waals surface area contributed by atoms with Crippen molar-refractivity contribution in [3.05, 3.63) is 0 Å². The molecule has 1 N–H and O–H groups in total. The summed E-state index contributed by atoms with van der Waals surface area (Å²) in [5.41, 5.74) is -1.08. The smallest absolute Gasteiger partial charge is 0.277 e. The molecule has 2 aliphatic rings. The van der Waals surface area contributed by atoms with Crippen molar-refractivity contribution in [1.82, 2.24) is 10.2 Å². The lowest BCUT2D eigenvalue weighted by molar-refractivity contribution is -0.152. The first-order valence-electron chi connectivity index (χ1n) is 6.95. The molecular formula is C13H20N2O4S. The Morgan fingerprint density at radius 3 is 2.30 bits per heavy atom. The fourth-order valence-electron chi connectivity index (χ4n) is 2.93.